The molecular weight excluding hydrogens is 438 g/mol. The number of nitrogens with zero attached hydrogens (tertiary/aromatic N) is 1. The second kappa shape index (κ2) is 12.1. The second-order valence-corrected chi connectivity index (χ2v) is 8.57. The molecule has 174 valence electrons. The fourth-order valence-corrected chi connectivity index (χ4v) is 4.30. The SMILES string of the molecule is CC[C@@H](NC(=O)c1cn(CCOC)cc(C(=O)NCCc2ccccc2)c1=O)c1cccs1. The lowest BCUT2D eigenvalue weighted by Gasteiger charge is -2.17. The van der Waals surface area contributed by atoms with Crippen molar-refractivity contribution in [3.63, 3.8) is 0 Å². The van der Waals surface area contributed by atoms with E-state index in [0.29, 0.717) is 32.5 Å². The molecule has 0 aliphatic rings. The first kappa shape index (κ1) is 24.4. The van der Waals surface area contributed by atoms with Gasteiger partial charge < -0.3 is 19.9 Å². The van der Waals surface area contributed by atoms with E-state index in [1.165, 1.54) is 12.4 Å². The van der Waals surface area contributed by atoms with E-state index in [0.717, 1.165) is 10.4 Å². The van der Waals surface area contributed by atoms with Crippen LogP contribution in [0.25, 0.3) is 0 Å². The topological polar surface area (TPSA) is 89.4 Å². The van der Waals surface area contributed by atoms with Gasteiger partial charge in [-0.25, -0.2) is 0 Å². The van der Waals surface area contributed by atoms with Crippen molar-refractivity contribution in [3.05, 3.63) is 92.0 Å². The van der Waals surface area contributed by atoms with Crippen molar-refractivity contribution in [2.75, 3.05) is 20.3 Å². The van der Waals surface area contributed by atoms with Gasteiger partial charge in [-0.1, -0.05) is 43.3 Å². The maximum atomic E-state index is 13.1. The minimum Gasteiger partial charge on any atom is -0.383 e. The van der Waals surface area contributed by atoms with Crippen LogP contribution >= 0.6 is 11.3 Å². The number of ether oxygens (including phenoxy) is 1. The number of hydrogen-bond donors (Lipinski definition) is 2. The number of pyridine rings is 1. The van der Waals surface area contributed by atoms with Crippen LogP contribution in [0, 0.1) is 0 Å². The Hall–Kier alpha value is -3.23. The van der Waals surface area contributed by atoms with Gasteiger partial charge in [0.05, 0.1) is 12.6 Å². The Kier molecular flexibility index (Phi) is 8.97. The van der Waals surface area contributed by atoms with Crippen LogP contribution in [0.4, 0.5) is 0 Å². The summed E-state index contributed by atoms with van der Waals surface area (Å²) in [4.78, 5) is 40.0. The summed E-state index contributed by atoms with van der Waals surface area (Å²) in [5.41, 5.74) is 0.384. The highest BCUT2D eigenvalue weighted by atomic mass is 32.1. The van der Waals surface area contributed by atoms with Gasteiger partial charge in [-0.15, -0.1) is 11.3 Å². The largest absolute Gasteiger partial charge is 0.383 e. The predicted octanol–water partition coefficient (Wildman–Crippen LogP) is 3.41. The number of carbonyl (C=O) groups is 2. The monoisotopic (exact) mass is 467 g/mol. The highest BCUT2D eigenvalue weighted by molar-refractivity contribution is 7.10. The van der Waals surface area contributed by atoms with Crippen molar-refractivity contribution >= 4 is 23.2 Å². The average Bonchev–Trinajstić information content (AvgIpc) is 3.37. The molecule has 0 fully saturated rings. The number of thiophene rings is 1. The lowest BCUT2D eigenvalue weighted by molar-refractivity contribution is 0.0934. The van der Waals surface area contributed by atoms with Crippen molar-refractivity contribution in [1.29, 1.82) is 0 Å². The number of methoxy groups -OCH3 is 1. The van der Waals surface area contributed by atoms with Gasteiger partial charge in [-0.3, -0.25) is 14.4 Å². The molecule has 1 aromatic carbocycles. The van der Waals surface area contributed by atoms with Crippen molar-refractivity contribution < 1.29 is 14.3 Å². The third kappa shape index (κ3) is 6.63. The number of amides is 2. The minimum absolute atomic E-state index is 0.0585. The molecule has 0 aliphatic heterocycles. The summed E-state index contributed by atoms with van der Waals surface area (Å²) in [6.45, 7) is 3.14. The standard InChI is InChI=1S/C25H29N3O4S/c1-3-21(22-10-7-15-33-22)27-25(31)20-17-28(13-14-32-2)16-19(23(20)29)24(30)26-12-11-18-8-5-4-6-9-18/h4-10,15-17,21H,3,11-14H2,1-2H3,(H,26,30)(H,27,31)/t21-/m1/s1. The molecule has 33 heavy (non-hydrogen) atoms. The van der Waals surface area contributed by atoms with E-state index in [1.54, 1.807) is 23.0 Å². The van der Waals surface area contributed by atoms with Gasteiger partial charge in [0, 0.05) is 37.5 Å². The van der Waals surface area contributed by atoms with Gasteiger partial charge in [0.25, 0.3) is 11.8 Å². The zero-order chi connectivity index (χ0) is 23.6. The number of rotatable bonds is 11. The summed E-state index contributed by atoms with van der Waals surface area (Å²) in [5, 5.41) is 7.68. The number of carbonyl (C=O) groups excluding carboxylic acids is 2. The molecule has 1 atom stereocenters. The molecule has 2 amide bonds. The number of hydrogen-bond acceptors (Lipinski definition) is 5. The zero-order valence-electron chi connectivity index (χ0n) is 18.9. The maximum Gasteiger partial charge on any atom is 0.257 e. The first-order chi connectivity index (χ1) is 16.0. The smallest absolute Gasteiger partial charge is 0.257 e. The molecule has 3 aromatic rings. The van der Waals surface area contributed by atoms with Crippen LogP contribution in [0.1, 0.15) is 50.5 Å². The summed E-state index contributed by atoms with van der Waals surface area (Å²) in [6.07, 6.45) is 4.29. The van der Waals surface area contributed by atoms with Gasteiger partial charge in [0.2, 0.25) is 5.43 Å². The summed E-state index contributed by atoms with van der Waals surface area (Å²) in [5.74, 6) is -0.993. The van der Waals surface area contributed by atoms with E-state index in [2.05, 4.69) is 10.6 Å². The Bertz CT molecular complexity index is 1110. The summed E-state index contributed by atoms with van der Waals surface area (Å²) < 4.78 is 6.77. The van der Waals surface area contributed by atoms with Gasteiger partial charge in [0.15, 0.2) is 0 Å². The van der Waals surface area contributed by atoms with Crippen LogP contribution in [0.3, 0.4) is 0 Å². The third-order valence-electron chi connectivity index (χ3n) is 5.26. The van der Waals surface area contributed by atoms with Gasteiger partial charge in [-0.05, 0) is 29.9 Å². The van der Waals surface area contributed by atoms with Crippen LogP contribution in [-0.4, -0.2) is 36.6 Å². The third-order valence-corrected chi connectivity index (χ3v) is 6.25. The highest BCUT2D eigenvalue weighted by Crippen LogP contribution is 2.22. The first-order valence-corrected chi connectivity index (χ1v) is 11.8. The molecule has 0 saturated carbocycles. The lowest BCUT2D eigenvalue weighted by Crippen LogP contribution is -2.37. The summed E-state index contributed by atoms with van der Waals surface area (Å²) >= 11 is 1.55. The Morgan fingerprint density at radius 1 is 1.06 bits per heavy atom. The quantitative estimate of drug-likeness (QED) is 0.452. The molecular formula is C25H29N3O4S. The first-order valence-electron chi connectivity index (χ1n) is 10.9. The van der Waals surface area contributed by atoms with Crippen LogP contribution in [0.5, 0.6) is 0 Å². The van der Waals surface area contributed by atoms with Crippen LogP contribution in [0.2, 0.25) is 0 Å². The fourth-order valence-electron chi connectivity index (χ4n) is 3.44. The van der Waals surface area contributed by atoms with Gasteiger partial charge in [0.1, 0.15) is 11.1 Å². The average molecular weight is 468 g/mol. The molecule has 0 aliphatic carbocycles. The van der Waals surface area contributed by atoms with E-state index in [9.17, 15) is 14.4 Å². The van der Waals surface area contributed by atoms with E-state index in [4.69, 9.17) is 4.74 Å². The molecule has 0 radical (unpaired) electrons. The Morgan fingerprint density at radius 2 is 1.79 bits per heavy atom. The lowest BCUT2D eigenvalue weighted by atomic mass is 10.1. The fraction of sp³-hybridized carbons (Fsp3) is 0.320. The molecule has 3 rings (SSSR count). The van der Waals surface area contributed by atoms with Crippen LogP contribution in [-0.2, 0) is 17.7 Å². The van der Waals surface area contributed by atoms with Crippen molar-refractivity contribution in [1.82, 2.24) is 15.2 Å². The molecule has 8 heteroatoms. The van der Waals surface area contributed by atoms with Crippen molar-refractivity contribution in [3.8, 4) is 0 Å². The van der Waals surface area contributed by atoms with Crippen LogP contribution < -0.4 is 16.1 Å². The van der Waals surface area contributed by atoms with Crippen molar-refractivity contribution in [2.45, 2.75) is 32.4 Å². The highest BCUT2D eigenvalue weighted by Gasteiger charge is 2.22. The Labute approximate surface area is 197 Å². The summed E-state index contributed by atoms with van der Waals surface area (Å²) in [7, 11) is 1.57. The van der Waals surface area contributed by atoms with Gasteiger partial charge in [-0.2, -0.15) is 0 Å². The molecule has 0 spiro atoms. The molecule has 2 N–H and O–H groups in total. The molecule has 2 aromatic heterocycles. The summed E-state index contributed by atoms with van der Waals surface area (Å²) in [6, 6.07) is 13.4. The minimum atomic E-state index is -0.584. The van der Waals surface area contributed by atoms with Crippen LogP contribution in [0.15, 0.2) is 65.0 Å². The van der Waals surface area contributed by atoms with Gasteiger partial charge >= 0.3 is 0 Å². The molecule has 0 unspecified atom stereocenters. The van der Waals surface area contributed by atoms with E-state index in [-0.39, 0.29) is 17.2 Å². The second-order valence-electron chi connectivity index (χ2n) is 7.59. The van der Waals surface area contributed by atoms with E-state index < -0.39 is 17.2 Å². The number of aromatic nitrogens is 1. The predicted molar refractivity (Wildman–Crippen MR) is 130 cm³/mol. The molecule has 2 heterocycles. The Morgan fingerprint density at radius 3 is 2.42 bits per heavy atom. The van der Waals surface area contributed by atoms with Crippen molar-refractivity contribution in [2.24, 2.45) is 0 Å². The maximum absolute atomic E-state index is 13.1. The van der Waals surface area contributed by atoms with E-state index >= 15 is 0 Å². The molecule has 7 nitrogen and oxygen atoms in total. The normalized spacial score (nSPS) is 11.7. The zero-order valence-corrected chi connectivity index (χ0v) is 19.7. The number of benzene rings is 1. The Balaban J connectivity index is 1.80. The number of nitrogens with one attached hydrogen (secondary N) is 2. The van der Waals surface area contributed by atoms with E-state index in [1.807, 2.05) is 54.8 Å². The molecule has 0 bridgehead atoms. The molecule has 0 saturated heterocycles.